The van der Waals surface area contributed by atoms with E-state index in [1.54, 1.807) is 12.1 Å². The van der Waals surface area contributed by atoms with Crippen molar-refractivity contribution in [2.45, 2.75) is 19.4 Å². The fourth-order valence-corrected chi connectivity index (χ4v) is 3.63. The lowest BCUT2D eigenvalue weighted by molar-refractivity contribution is 0.440. The summed E-state index contributed by atoms with van der Waals surface area (Å²) >= 11 is 0. The van der Waals surface area contributed by atoms with Crippen molar-refractivity contribution in [1.29, 1.82) is 5.26 Å². The maximum Gasteiger partial charge on any atom is 0.147 e. The van der Waals surface area contributed by atoms with Crippen LogP contribution in [-0.2, 0) is 0 Å². The van der Waals surface area contributed by atoms with Crippen LogP contribution in [0.1, 0.15) is 18.9 Å². The summed E-state index contributed by atoms with van der Waals surface area (Å²) < 4.78 is 14.2. The van der Waals surface area contributed by atoms with Crippen molar-refractivity contribution in [2.24, 2.45) is 11.8 Å². The molecule has 1 aromatic carbocycles. The number of nitrogens with one attached hydrogen (secondary N) is 1. The van der Waals surface area contributed by atoms with E-state index in [0.29, 0.717) is 29.1 Å². The third-order valence-corrected chi connectivity index (χ3v) is 4.52. The topological polar surface area (TPSA) is 39.1 Å². The van der Waals surface area contributed by atoms with Gasteiger partial charge in [-0.05, 0) is 36.5 Å². The fourth-order valence-electron chi connectivity index (χ4n) is 3.63. The number of anilines is 1. The van der Waals surface area contributed by atoms with Crippen LogP contribution in [0, 0.1) is 29.0 Å². The summed E-state index contributed by atoms with van der Waals surface area (Å²) in [5.41, 5.74) is 1.04. The van der Waals surface area contributed by atoms with E-state index in [9.17, 15) is 4.39 Å². The van der Waals surface area contributed by atoms with Gasteiger partial charge in [0.2, 0.25) is 0 Å². The first-order valence-corrected chi connectivity index (χ1v) is 6.91. The Bertz CT molecular complexity index is 523. The molecule has 19 heavy (non-hydrogen) atoms. The molecule has 0 saturated carbocycles. The Labute approximate surface area is 113 Å². The highest BCUT2D eigenvalue weighted by molar-refractivity contribution is 5.53. The van der Waals surface area contributed by atoms with Crippen LogP contribution in [0.2, 0.25) is 0 Å². The van der Waals surface area contributed by atoms with Crippen molar-refractivity contribution >= 4 is 5.69 Å². The number of nitriles is 1. The standard InChI is InChI=1S/C15H18FN3/c1-2-14-12-8-18-7-11(12)9-19(14)15-4-3-10(6-17)5-13(15)16/h3-5,11-12,14,18H,2,7-9H2,1H3. The van der Waals surface area contributed by atoms with Gasteiger partial charge >= 0.3 is 0 Å². The molecular formula is C15H18FN3. The molecule has 2 heterocycles. The Morgan fingerprint density at radius 3 is 3.00 bits per heavy atom. The van der Waals surface area contributed by atoms with Gasteiger partial charge in [-0.25, -0.2) is 4.39 Å². The number of nitrogens with zero attached hydrogens (tertiary/aromatic N) is 2. The van der Waals surface area contributed by atoms with Crippen LogP contribution in [0.25, 0.3) is 0 Å². The SMILES string of the molecule is CCC1C2CNCC2CN1c1ccc(C#N)cc1F. The predicted molar refractivity (Wildman–Crippen MR) is 72.4 cm³/mol. The molecule has 3 atom stereocenters. The second-order valence-corrected chi connectivity index (χ2v) is 5.49. The number of halogens is 1. The first kappa shape index (κ1) is 12.4. The molecule has 2 saturated heterocycles. The van der Waals surface area contributed by atoms with E-state index in [2.05, 4.69) is 17.1 Å². The molecule has 2 aliphatic rings. The monoisotopic (exact) mass is 259 g/mol. The van der Waals surface area contributed by atoms with E-state index in [0.717, 1.165) is 26.1 Å². The number of hydrogen-bond donors (Lipinski definition) is 1. The first-order valence-electron chi connectivity index (χ1n) is 6.91. The van der Waals surface area contributed by atoms with Crippen molar-refractivity contribution in [3.63, 3.8) is 0 Å². The van der Waals surface area contributed by atoms with Crippen LogP contribution in [0.15, 0.2) is 18.2 Å². The smallest absolute Gasteiger partial charge is 0.147 e. The highest BCUT2D eigenvalue weighted by Gasteiger charge is 2.43. The summed E-state index contributed by atoms with van der Waals surface area (Å²) in [6.07, 6.45) is 1.03. The third-order valence-electron chi connectivity index (χ3n) is 4.52. The number of rotatable bonds is 2. The van der Waals surface area contributed by atoms with Crippen molar-refractivity contribution < 1.29 is 4.39 Å². The minimum atomic E-state index is -0.273. The van der Waals surface area contributed by atoms with Gasteiger partial charge in [-0.2, -0.15) is 5.26 Å². The molecule has 2 fully saturated rings. The van der Waals surface area contributed by atoms with Gasteiger partial charge in [0.1, 0.15) is 5.82 Å². The lowest BCUT2D eigenvalue weighted by Gasteiger charge is -2.29. The maximum atomic E-state index is 14.2. The summed E-state index contributed by atoms with van der Waals surface area (Å²) in [6.45, 7) is 5.16. The zero-order chi connectivity index (χ0) is 13.4. The Morgan fingerprint density at radius 2 is 2.32 bits per heavy atom. The highest BCUT2D eigenvalue weighted by Crippen LogP contribution is 2.38. The minimum Gasteiger partial charge on any atom is -0.366 e. The Morgan fingerprint density at radius 1 is 1.47 bits per heavy atom. The van der Waals surface area contributed by atoms with Gasteiger partial charge in [0.25, 0.3) is 0 Å². The van der Waals surface area contributed by atoms with Crippen LogP contribution in [0.4, 0.5) is 10.1 Å². The summed E-state index contributed by atoms with van der Waals surface area (Å²) in [4.78, 5) is 2.20. The van der Waals surface area contributed by atoms with Crippen molar-refractivity contribution in [2.75, 3.05) is 24.5 Å². The molecule has 3 rings (SSSR count). The number of fused-ring (bicyclic) bond motifs is 1. The fraction of sp³-hybridized carbons (Fsp3) is 0.533. The van der Waals surface area contributed by atoms with Crippen LogP contribution >= 0.6 is 0 Å². The molecule has 2 aliphatic heterocycles. The van der Waals surface area contributed by atoms with Crippen LogP contribution in [0.5, 0.6) is 0 Å². The van der Waals surface area contributed by atoms with Crippen LogP contribution in [0.3, 0.4) is 0 Å². The van der Waals surface area contributed by atoms with Gasteiger partial charge in [0, 0.05) is 25.7 Å². The van der Waals surface area contributed by atoms with Gasteiger partial charge in [0.05, 0.1) is 17.3 Å². The Balaban J connectivity index is 1.92. The molecule has 1 N–H and O–H groups in total. The summed E-state index contributed by atoms with van der Waals surface area (Å²) in [7, 11) is 0. The van der Waals surface area contributed by atoms with E-state index >= 15 is 0 Å². The van der Waals surface area contributed by atoms with Gasteiger partial charge in [-0.15, -0.1) is 0 Å². The van der Waals surface area contributed by atoms with E-state index in [4.69, 9.17) is 5.26 Å². The Hall–Kier alpha value is -1.60. The van der Waals surface area contributed by atoms with Gasteiger partial charge in [-0.3, -0.25) is 0 Å². The average Bonchev–Trinajstić information content (AvgIpc) is 2.98. The number of benzene rings is 1. The maximum absolute atomic E-state index is 14.2. The van der Waals surface area contributed by atoms with E-state index < -0.39 is 0 Å². The quantitative estimate of drug-likeness (QED) is 0.884. The third kappa shape index (κ3) is 1.98. The average molecular weight is 259 g/mol. The molecule has 0 aromatic heterocycles. The minimum absolute atomic E-state index is 0.273. The second kappa shape index (κ2) is 4.82. The summed E-state index contributed by atoms with van der Waals surface area (Å²) in [5.74, 6) is 0.977. The summed E-state index contributed by atoms with van der Waals surface area (Å²) in [5, 5.41) is 12.2. The molecule has 0 bridgehead atoms. The van der Waals surface area contributed by atoms with Gasteiger partial charge in [-0.1, -0.05) is 6.92 Å². The zero-order valence-electron chi connectivity index (χ0n) is 11.1. The van der Waals surface area contributed by atoms with Gasteiger partial charge in [0.15, 0.2) is 0 Å². The molecule has 4 heteroatoms. The van der Waals surface area contributed by atoms with Crippen LogP contribution in [-0.4, -0.2) is 25.7 Å². The predicted octanol–water partition coefficient (Wildman–Crippen LogP) is 2.13. The molecule has 0 aliphatic carbocycles. The van der Waals surface area contributed by atoms with Crippen molar-refractivity contribution in [3.8, 4) is 6.07 Å². The van der Waals surface area contributed by atoms with Crippen LogP contribution < -0.4 is 10.2 Å². The molecule has 0 spiro atoms. The normalized spacial score (nSPS) is 29.3. The van der Waals surface area contributed by atoms with Gasteiger partial charge < -0.3 is 10.2 Å². The molecular weight excluding hydrogens is 241 g/mol. The van der Waals surface area contributed by atoms with E-state index in [1.165, 1.54) is 6.07 Å². The molecule has 0 amide bonds. The van der Waals surface area contributed by atoms with Crippen molar-refractivity contribution in [1.82, 2.24) is 5.32 Å². The number of hydrogen-bond acceptors (Lipinski definition) is 3. The molecule has 0 radical (unpaired) electrons. The molecule has 3 unspecified atom stereocenters. The van der Waals surface area contributed by atoms with E-state index in [-0.39, 0.29) is 5.82 Å². The Kier molecular flexibility index (Phi) is 3.16. The summed E-state index contributed by atoms with van der Waals surface area (Å²) in [6, 6.07) is 7.19. The lowest BCUT2D eigenvalue weighted by Crippen LogP contribution is -2.35. The zero-order valence-corrected chi connectivity index (χ0v) is 11.1. The highest BCUT2D eigenvalue weighted by atomic mass is 19.1. The molecule has 100 valence electrons. The van der Waals surface area contributed by atoms with E-state index in [1.807, 2.05) is 6.07 Å². The largest absolute Gasteiger partial charge is 0.366 e. The second-order valence-electron chi connectivity index (χ2n) is 5.49. The lowest BCUT2D eigenvalue weighted by atomic mass is 9.93. The molecule has 1 aromatic rings. The van der Waals surface area contributed by atoms with Crippen molar-refractivity contribution in [3.05, 3.63) is 29.6 Å². The first-order chi connectivity index (χ1) is 9.24. The molecule has 3 nitrogen and oxygen atoms in total.